The van der Waals surface area contributed by atoms with Gasteiger partial charge in [0.05, 0.1) is 7.11 Å². The molecule has 0 spiro atoms. The molecule has 0 aliphatic heterocycles. The molecule has 1 N–H and O–H groups in total. The molecule has 2 heteroatoms. The van der Waals surface area contributed by atoms with Gasteiger partial charge in [-0.15, -0.1) is 0 Å². The molecular formula is C19H25NO. The van der Waals surface area contributed by atoms with Crippen molar-refractivity contribution in [1.29, 1.82) is 0 Å². The van der Waals surface area contributed by atoms with Crippen molar-refractivity contribution in [1.82, 2.24) is 5.32 Å². The van der Waals surface area contributed by atoms with Gasteiger partial charge in [0.2, 0.25) is 0 Å². The molecule has 0 aromatic heterocycles. The molecule has 0 amide bonds. The van der Waals surface area contributed by atoms with Crippen molar-refractivity contribution in [2.45, 2.75) is 32.2 Å². The standard InChI is InChI=1S/C19H25NO/c1-3-13-20-18(14-16-7-5-4-6-8-16)15-17-9-11-19(21-2)12-10-17/h4-12,18,20H,3,13-15H2,1-2H3. The normalized spacial score (nSPS) is 12.1. The lowest BCUT2D eigenvalue weighted by Gasteiger charge is -2.19. The summed E-state index contributed by atoms with van der Waals surface area (Å²) < 4.78 is 5.22. The van der Waals surface area contributed by atoms with Gasteiger partial charge < -0.3 is 10.1 Å². The first kappa shape index (κ1) is 15.6. The topological polar surface area (TPSA) is 21.3 Å². The Labute approximate surface area is 128 Å². The summed E-state index contributed by atoms with van der Waals surface area (Å²) in [5.41, 5.74) is 2.74. The van der Waals surface area contributed by atoms with Gasteiger partial charge in [0, 0.05) is 6.04 Å². The fourth-order valence-corrected chi connectivity index (χ4v) is 2.51. The van der Waals surface area contributed by atoms with Crippen molar-refractivity contribution >= 4 is 0 Å². The molecule has 112 valence electrons. The van der Waals surface area contributed by atoms with Crippen molar-refractivity contribution in [3.05, 3.63) is 65.7 Å². The minimum atomic E-state index is 0.473. The van der Waals surface area contributed by atoms with E-state index in [0.717, 1.165) is 31.6 Å². The van der Waals surface area contributed by atoms with Crippen molar-refractivity contribution in [2.24, 2.45) is 0 Å². The Morgan fingerprint density at radius 3 is 2.10 bits per heavy atom. The molecule has 0 saturated heterocycles. The van der Waals surface area contributed by atoms with Crippen LogP contribution in [-0.4, -0.2) is 19.7 Å². The first-order chi connectivity index (χ1) is 10.3. The van der Waals surface area contributed by atoms with E-state index in [0.29, 0.717) is 6.04 Å². The van der Waals surface area contributed by atoms with E-state index >= 15 is 0 Å². The predicted octanol–water partition coefficient (Wildman–Crippen LogP) is 3.85. The fourth-order valence-electron chi connectivity index (χ4n) is 2.51. The molecule has 0 radical (unpaired) electrons. The van der Waals surface area contributed by atoms with Gasteiger partial charge in [0.15, 0.2) is 0 Å². The number of rotatable bonds is 8. The molecule has 2 rings (SSSR count). The molecule has 0 heterocycles. The van der Waals surface area contributed by atoms with E-state index in [2.05, 4.69) is 54.7 Å². The van der Waals surface area contributed by atoms with Gasteiger partial charge in [-0.2, -0.15) is 0 Å². The van der Waals surface area contributed by atoms with Crippen LogP contribution in [0.15, 0.2) is 54.6 Å². The first-order valence-electron chi connectivity index (χ1n) is 7.72. The van der Waals surface area contributed by atoms with Crippen LogP contribution in [0.3, 0.4) is 0 Å². The van der Waals surface area contributed by atoms with Crippen molar-refractivity contribution in [2.75, 3.05) is 13.7 Å². The fraction of sp³-hybridized carbons (Fsp3) is 0.368. The molecule has 0 saturated carbocycles. The third-order valence-corrected chi connectivity index (χ3v) is 3.65. The minimum absolute atomic E-state index is 0.473. The number of methoxy groups -OCH3 is 1. The highest BCUT2D eigenvalue weighted by atomic mass is 16.5. The third-order valence-electron chi connectivity index (χ3n) is 3.65. The van der Waals surface area contributed by atoms with Gasteiger partial charge in [0.25, 0.3) is 0 Å². The van der Waals surface area contributed by atoms with E-state index in [4.69, 9.17) is 4.74 Å². The van der Waals surface area contributed by atoms with Crippen LogP contribution in [0.5, 0.6) is 5.75 Å². The molecule has 2 nitrogen and oxygen atoms in total. The summed E-state index contributed by atoms with van der Waals surface area (Å²) in [6, 6.07) is 19.6. The Morgan fingerprint density at radius 1 is 0.905 bits per heavy atom. The summed E-state index contributed by atoms with van der Waals surface area (Å²) in [6.45, 7) is 3.27. The van der Waals surface area contributed by atoms with Crippen LogP contribution in [0.25, 0.3) is 0 Å². The maximum absolute atomic E-state index is 5.22. The molecule has 21 heavy (non-hydrogen) atoms. The zero-order valence-corrected chi connectivity index (χ0v) is 13.0. The Hall–Kier alpha value is -1.80. The average Bonchev–Trinajstić information content (AvgIpc) is 2.54. The van der Waals surface area contributed by atoms with Crippen LogP contribution < -0.4 is 10.1 Å². The summed E-state index contributed by atoms with van der Waals surface area (Å²) in [5.74, 6) is 0.917. The number of nitrogens with one attached hydrogen (secondary N) is 1. The third kappa shape index (κ3) is 5.24. The lowest BCUT2D eigenvalue weighted by molar-refractivity contribution is 0.414. The molecule has 0 fully saturated rings. The van der Waals surface area contributed by atoms with Gasteiger partial charge in [-0.3, -0.25) is 0 Å². The van der Waals surface area contributed by atoms with E-state index in [1.165, 1.54) is 11.1 Å². The smallest absolute Gasteiger partial charge is 0.118 e. The Morgan fingerprint density at radius 2 is 1.52 bits per heavy atom. The molecule has 1 atom stereocenters. The van der Waals surface area contributed by atoms with Gasteiger partial charge in [0.1, 0.15) is 5.75 Å². The number of hydrogen-bond acceptors (Lipinski definition) is 2. The van der Waals surface area contributed by atoms with Crippen molar-refractivity contribution in [3.63, 3.8) is 0 Å². The van der Waals surface area contributed by atoms with Crippen LogP contribution in [0, 0.1) is 0 Å². The second-order valence-electron chi connectivity index (χ2n) is 5.39. The molecule has 0 aliphatic rings. The number of benzene rings is 2. The highest BCUT2D eigenvalue weighted by molar-refractivity contribution is 5.28. The van der Waals surface area contributed by atoms with E-state index in [-0.39, 0.29) is 0 Å². The average molecular weight is 283 g/mol. The van der Waals surface area contributed by atoms with Crippen LogP contribution in [-0.2, 0) is 12.8 Å². The maximum Gasteiger partial charge on any atom is 0.118 e. The number of ether oxygens (including phenoxy) is 1. The van der Waals surface area contributed by atoms with Gasteiger partial charge in [-0.05, 0) is 49.1 Å². The maximum atomic E-state index is 5.22. The van der Waals surface area contributed by atoms with E-state index in [1.54, 1.807) is 7.11 Å². The minimum Gasteiger partial charge on any atom is -0.497 e. The monoisotopic (exact) mass is 283 g/mol. The summed E-state index contributed by atoms with van der Waals surface area (Å²) in [6.07, 6.45) is 3.26. The second-order valence-corrected chi connectivity index (χ2v) is 5.39. The Bertz CT molecular complexity index is 507. The molecule has 1 unspecified atom stereocenters. The first-order valence-corrected chi connectivity index (χ1v) is 7.72. The predicted molar refractivity (Wildman–Crippen MR) is 88.9 cm³/mol. The largest absolute Gasteiger partial charge is 0.497 e. The summed E-state index contributed by atoms with van der Waals surface area (Å²) in [7, 11) is 1.70. The molecular weight excluding hydrogens is 258 g/mol. The molecule has 0 bridgehead atoms. The Kier molecular flexibility index (Phi) is 6.29. The lowest BCUT2D eigenvalue weighted by atomic mass is 9.99. The highest BCUT2D eigenvalue weighted by Gasteiger charge is 2.10. The highest BCUT2D eigenvalue weighted by Crippen LogP contribution is 2.14. The summed E-state index contributed by atoms with van der Waals surface area (Å²) in [5, 5.41) is 3.66. The SMILES string of the molecule is CCCNC(Cc1ccccc1)Cc1ccc(OC)cc1. The van der Waals surface area contributed by atoms with Crippen molar-refractivity contribution in [3.8, 4) is 5.75 Å². The van der Waals surface area contributed by atoms with Crippen LogP contribution in [0.1, 0.15) is 24.5 Å². The van der Waals surface area contributed by atoms with E-state index < -0.39 is 0 Å². The molecule has 0 aliphatic carbocycles. The van der Waals surface area contributed by atoms with Gasteiger partial charge in [-0.1, -0.05) is 49.4 Å². The summed E-state index contributed by atoms with van der Waals surface area (Å²) >= 11 is 0. The van der Waals surface area contributed by atoms with E-state index in [1.807, 2.05) is 12.1 Å². The zero-order chi connectivity index (χ0) is 14.9. The van der Waals surface area contributed by atoms with E-state index in [9.17, 15) is 0 Å². The molecule has 2 aromatic carbocycles. The number of hydrogen-bond donors (Lipinski definition) is 1. The zero-order valence-electron chi connectivity index (χ0n) is 13.0. The quantitative estimate of drug-likeness (QED) is 0.794. The van der Waals surface area contributed by atoms with Crippen LogP contribution in [0.4, 0.5) is 0 Å². The van der Waals surface area contributed by atoms with Gasteiger partial charge in [-0.25, -0.2) is 0 Å². The van der Waals surface area contributed by atoms with Crippen molar-refractivity contribution < 1.29 is 4.74 Å². The molecule has 2 aromatic rings. The van der Waals surface area contributed by atoms with Crippen LogP contribution >= 0.6 is 0 Å². The Balaban J connectivity index is 2.00. The van der Waals surface area contributed by atoms with Crippen LogP contribution in [0.2, 0.25) is 0 Å². The lowest BCUT2D eigenvalue weighted by Crippen LogP contribution is -2.33. The van der Waals surface area contributed by atoms with Gasteiger partial charge >= 0.3 is 0 Å². The summed E-state index contributed by atoms with van der Waals surface area (Å²) in [4.78, 5) is 0. The second kappa shape index (κ2) is 8.48.